The molecular weight excluding hydrogens is 308 g/mol. The summed E-state index contributed by atoms with van der Waals surface area (Å²) < 4.78 is 21.2. The molecule has 0 fully saturated rings. The van der Waals surface area contributed by atoms with Gasteiger partial charge in [-0.15, -0.1) is 0 Å². The van der Waals surface area contributed by atoms with Crippen LogP contribution in [0.15, 0.2) is 48.0 Å². The molecule has 1 heterocycles. The predicted molar refractivity (Wildman–Crippen MR) is 89.3 cm³/mol. The molecule has 0 saturated carbocycles. The molecule has 124 valence electrons. The van der Waals surface area contributed by atoms with E-state index >= 15 is 0 Å². The SMILES string of the molecule is COc1ccc(COC(=O)C2=Cc3cc(OC)ccc3OC2)cc1. The van der Waals surface area contributed by atoms with Gasteiger partial charge in [0.2, 0.25) is 0 Å². The molecule has 3 rings (SSSR count). The first kappa shape index (κ1) is 15.9. The number of hydrogen-bond acceptors (Lipinski definition) is 5. The summed E-state index contributed by atoms with van der Waals surface area (Å²) in [6.45, 7) is 0.395. The van der Waals surface area contributed by atoms with Gasteiger partial charge in [0.25, 0.3) is 0 Å². The maximum Gasteiger partial charge on any atom is 0.337 e. The largest absolute Gasteiger partial charge is 0.497 e. The van der Waals surface area contributed by atoms with Crippen LogP contribution in [0.2, 0.25) is 0 Å². The minimum atomic E-state index is -0.390. The highest BCUT2D eigenvalue weighted by atomic mass is 16.5. The Labute approximate surface area is 140 Å². The average molecular weight is 326 g/mol. The Hall–Kier alpha value is -2.95. The summed E-state index contributed by atoms with van der Waals surface area (Å²) in [6.07, 6.45) is 1.78. The van der Waals surface area contributed by atoms with E-state index in [0.717, 1.165) is 22.6 Å². The second kappa shape index (κ2) is 7.08. The van der Waals surface area contributed by atoms with Crippen LogP contribution in [0, 0.1) is 0 Å². The molecule has 2 aromatic rings. The second-order valence-corrected chi connectivity index (χ2v) is 5.29. The van der Waals surface area contributed by atoms with Gasteiger partial charge in [-0.1, -0.05) is 12.1 Å². The topological polar surface area (TPSA) is 54.0 Å². The lowest BCUT2D eigenvalue weighted by Gasteiger charge is -2.17. The molecule has 5 nitrogen and oxygen atoms in total. The van der Waals surface area contributed by atoms with Crippen molar-refractivity contribution in [1.82, 2.24) is 0 Å². The molecule has 0 N–H and O–H groups in total. The van der Waals surface area contributed by atoms with Gasteiger partial charge in [0.1, 0.15) is 30.5 Å². The van der Waals surface area contributed by atoms with Gasteiger partial charge in [0.05, 0.1) is 19.8 Å². The van der Waals surface area contributed by atoms with Crippen LogP contribution < -0.4 is 14.2 Å². The van der Waals surface area contributed by atoms with Crippen LogP contribution in [-0.2, 0) is 16.1 Å². The number of benzene rings is 2. The maximum absolute atomic E-state index is 12.2. The summed E-state index contributed by atoms with van der Waals surface area (Å²) in [5, 5.41) is 0. The summed E-state index contributed by atoms with van der Waals surface area (Å²) >= 11 is 0. The van der Waals surface area contributed by atoms with Gasteiger partial charge >= 0.3 is 5.97 Å². The first-order valence-corrected chi connectivity index (χ1v) is 7.51. The quantitative estimate of drug-likeness (QED) is 0.790. The van der Waals surface area contributed by atoms with Gasteiger partial charge in [0.15, 0.2) is 0 Å². The van der Waals surface area contributed by atoms with Gasteiger partial charge in [-0.3, -0.25) is 0 Å². The molecule has 0 unspecified atom stereocenters. The highest BCUT2D eigenvalue weighted by molar-refractivity contribution is 5.95. The molecule has 24 heavy (non-hydrogen) atoms. The van der Waals surface area contributed by atoms with Crippen LogP contribution in [0.5, 0.6) is 17.2 Å². The van der Waals surface area contributed by atoms with Crippen LogP contribution in [0.3, 0.4) is 0 Å². The standard InChI is InChI=1S/C19H18O5/c1-21-16-5-3-13(4-6-16)11-24-19(20)15-9-14-10-17(22-2)7-8-18(14)23-12-15/h3-10H,11-12H2,1-2H3. The summed E-state index contributed by atoms with van der Waals surface area (Å²) in [7, 11) is 3.20. The van der Waals surface area contributed by atoms with E-state index in [2.05, 4.69) is 0 Å². The van der Waals surface area contributed by atoms with E-state index in [4.69, 9.17) is 18.9 Å². The second-order valence-electron chi connectivity index (χ2n) is 5.29. The number of carbonyl (C=O) groups excluding carboxylic acids is 1. The first-order chi connectivity index (χ1) is 11.7. The van der Waals surface area contributed by atoms with Crippen LogP contribution in [0.1, 0.15) is 11.1 Å². The van der Waals surface area contributed by atoms with E-state index in [1.807, 2.05) is 42.5 Å². The van der Waals surface area contributed by atoms with Crippen molar-refractivity contribution in [3.8, 4) is 17.2 Å². The molecule has 0 saturated heterocycles. The molecule has 0 spiro atoms. The Kier molecular flexibility index (Phi) is 4.70. The molecule has 1 aliphatic heterocycles. The van der Waals surface area contributed by atoms with Crippen molar-refractivity contribution in [1.29, 1.82) is 0 Å². The Morgan fingerprint density at radius 3 is 2.46 bits per heavy atom. The zero-order chi connectivity index (χ0) is 16.9. The van der Waals surface area contributed by atoms with Crippen molar-refractivity contribution in [2.45, 2.75) is 6.61 Å². The Balaban J connectivity index is 1.67. The first-order valence-electron chi connectivity index (χ1n) is 7.51. The number of rotatable bonds is 5. The average Bonchev–Trinajstić information content (AvgIpc) is 2.65. The normalized spacial score (nSPS) is 12.5. The minimum absolute atomic E-state index is 0.195. The fourth-order valence-electron chi connectivity index (χ4n) is 2.36. The molecule has 5 heteroatoms. The summed E-state index contributed by atoms with van der Waals surface area (Å²) in [6, 6.07) is 12.8. The maximum atomic E-state index is 12.2. The zero-order valence-corrected chi connectivity index (χ0v) is 13.6. The fourth-order valence-corrected chi connectivity index (χ4v) is 2.36. The van der Waals surface area contributed by atoms with Crippen LogP contribution >= 0.6 is 0 Å². The molecule has 0 aliphatic carbocycles. The van der Waals surface area contributed by atoms with Gasteiger partial charge in [-0.2, -0.15) is 0 Å². The van der Waals surface area contributed by atoms with Crippen molar-refractivity contribution in [2.75, 3.05) is 20.8 Å². The zero-order valence-electron chi connectivity index (χ0n) is 13.6. The lowest BCUT2D eigenvalue weighted by molar-refractivity contribution is -0.140. The van der Waals surface area contributed by atoms with Crippen LogP contribution in [0.25, 0.3) is 6.08 Å². The molecule has 1 aliphatic rings. The van der Waals surface area contributed by atoms with Gasteiger partial charge in [0, 0.05) is 5.56 Å². The fraction of sp³-hybridized carbons (Fsp3) is 0.211. The molecule has 0 radical (unpaired) electrons. The van der Waals surface area contributed by atoms with E-state index in [0.29, 0.717) is 11.3 Å². The third-order valence-corrected chi connectivity index (χ3v) is 3.72. The monoisotopic (exact) mass is 326 g/mol. The lowest BCUT2D eigenvalue weighted by atomic mass is 10.1. The Morgan fingerprint density at radius 2 is 1.75 bits per heavy atom. The third-order valence-electron chi connectivity index (χ3n) is 3.72. The smallest absolute Gasteiger partial charge is 0.337 e. The molecular formula is C19H18O5. The Morgan fingerprint density at radius 1 is 1.04 bits per heavy atom. The predicted octanol–water partition coefficient (Wildman–Crippen LogP) is 3.22. The number of carbonyl (C=O) groups is 1. The highest BCUT2D eigenvalue weighted by Gasteiger charge is 2.19. The van der Waals surface area contributed by atoms with Gasteiger partial charge in [-0.05, 0) is 42.0 Å². The van der Waals surface area contributed by atoms with Crippen molar-refractivity contribution < 1.29 is 23.7 Å². The van der Waals surface area contributed by atoms with Crippen molar-refractivity contribution in [2.24, 2.45) is 0 Å². The van der Waals surface area contributed by atoms with E-state index in [1.165, 1.54) is 0 Å². The summed E-state index contributed by atoms with van der Waals surface area (Å²) in [5.41, 5.74) is 2.17. The van der Waals surface area contributed by atoms with E-state index in [9.17, 15) is 4.79 Å². The number of hydrogen-bond donors (Lipinski definition) is 0. The minimum Gasteiger partial charge on any atom is -0.497 e. The Bertz CT molecular complexity index is 762. The van der Waals surface area contributed by atoms with Gasteiger partial charge in [-0.25, -0.2) is 4.79 Å². The molecule has 0 bridgehead atoms. The lowest BCUT2D eigenvalue weighted by Crippen LogP contribution is -2.17. The van der Waals surface area contributed by atoms with Gasteiger partial charge < -0.3 is 18.9 Å². The molecule has 0 atom stereocenters. The molecule has 0 aromatic heterocycles. The molecule has 0 amide bonds. The van der Waals surface area contributed by atoms with Crippen LogP contribution in [0.4, 0.5) is 0 Å². The summed E-state index contributed by atoms with van der Waals surface area (Å²) in [5.74, 6) is 1.81. The number of fused-ring (bicyclic) bond motifs is 1. The van der Waals surface area contributed by atoms with Crippen molar-refractivity contribution in [3.63, 3.8) is 0 Å². The van der Waals surface area contributed by atoms with E-state index in [-0.39, 0.29) is 19.2 Å². The number of ether oxygens (including phenoxy) is 4. The summed E-state index contributed by atoms with van der Waals surface area (Å²) in [4.78, 5) is 12.2. The number of methoxy groups -OCH3 is 2. The third kappa shape index (κ3) is 3.51. The number of esters is 1. The van der Waals surface area contributed by atoms with E-state index in [1.54, 1.807) is 20.3 Å². The van der Waals surface area contributed by atoms with Crippen molar-refractivity contribution >= 4 is 12.0 Å². The van der Waals surface area contributed by atoms with E-state index < -0.39 is 0 Å². The highest BCUT2D eigenvalue weighted by Crippen LogP contribution is 2.30. The van der Waals surface area contributed by atoms with Crippen molar-refractivity contribution in [3.05, 3.63) is 59.2 Å². The molecule has 2 aromatic carbocycles. The van der Waals surface area contributed by atoms with Crippen LogP contribution in [-0.4, -0.2) is 26.8 Å².